The van der Waals surface area contributed by atoms with Crippen molar-refractivity contribution in [3.05, 3.63) is 42.0 Å². The molecule has 0 radical (unpaired) electrons. The van der Waals surface area contributed by atoms with Gasteiger partial charge in [0, 0.05) is 25.8 Å². The van der Waals surface area contributed by atoms with Gasteiger partial charge in [0.15, 0.2) is 0 Å². The number of nitrogens with two attached hydrogens (primary N) is 1. The summed E-state index contributed by atoms with van der Waals surface area (Å²) in [4.78, 5) is 2.08. The van der Waals surface area contributed by atoms with Crippen molar-refractivity contribution in [1.82, 2.24) is 0 Å². The third-order valence-electron chi connectivity index (χ3n) is 2.38. The molecule has 0 aliphatic rings. The average molecular weight is 204 g/mol. The monoisotopic (exact) mass is 204 g/mol. The summed E-state index contributed by atoms with van der Waals surface area (Å²) in [5.41, 5.74) is 9.56. The minimum Gasteiger partial charge on any atom is -0.378 e. The van der Waals surface area contributed by atoms with Gasteiger partial charge in [-0.2, -0.15) is 0 Å². The maximum atomic E-state index is 6.09. The van der Waals surface area contributed by atoms with Crippen LogP contribution in [-0.4, -0.2) is 14.1 Å². The van der Waals surface area contributed by atoms with Gasteiger partial charge in [-0.15, -0.1) is 6.58 Å². The highest BCUT2D eigenvalue weighted by molar-refractivity contribution is 5.47. The molecule has 82 valence electrons. The molecule has 1 unspecified atom stereocenters. The van der Waals surface area contributed by atoms with Crippen LogP contribution in [0.4, 0.5) is 5.69 Å². The number of rotatable bonds is 4. The fourth-order valence-corrected chi connectivity index (χ4v) is 1.53. The minimum absolute atomic E-state index is 0.0578. The second-order valence-corrected chi connectivity index (χ2v) is 4.26. The van der Waals surface area contributed by atoms with E-state index in [9.17, 15) is 0 Å². The van der Waals surface area contributed by atoms with Crippen molar-refractivity contribution in [3.63, 3.8) is 0 Å². The van der Waals surface area contributed by atoms with Gasteiger partial charge in [0.1, 0.15) is 0 Å². The van der Waals surface area contributed by atoms with Crippen molar-refractivity contribution in [2.45, 2.75) is 19.4 Å². The smallest absolute Gasteiger partial charge is 0.0364 e. The van der Waals surface area contributed by atoms with Crippen molar-refractivity contribution in [3.8, 4) is 0 Å². The topological polar surface area (TPSA) is 29.3 Å². The lowest BCUT2D eigenvalue weighted by Crippen LogP contribution is -2.13. The maximum Gasteiger partial charge on any atom is 0.0364 e. The first-order valence-corrected chi connectivity index (χ1v) is 5.18. The lowest BCUT2D eigenvalue weighted by Gasteiger charge is -2.17. The van der Waals surface area contributed by atoms with Crippen LogP contribution in [0, 0.1) is 0 Å². The van der Waals surface area contributed by atoms with Gasteiger partial charge in [-0.25, -0.2) is 0 Å². The van der Waals surface area contributed by atoms with E-state index in [1.807, 2.05) is 27.1 Å². The van der Waals surface area contributed by atoms with E-state index < -0.39 is 0 Å². The Labute approximate surface area is 92.4 Å². The molecule has 0 saturated carbocycles. The molecule has 0 aliphatic heterocycles. The molecule has 2 nitrogen and oxygen atoms in total. The van der Waals surface area contributed by atoms with Crippen LogP contribution < -0.4 is 10.6 Å². The average Bonchev–Trinajstić information content (AvgIpc) is 2.17. The summed E-state index contributed by atoms with van der Waals surface area (Å²) >= 11 is 0. The summed E-state index contributed by atoms with van der Waals surface area (Å²) in [5, 5.41) is 0. The molecule has 0 saturated heterocycles. The zero-order chi connectivity index (χ0) is 11.4. The fourth-order valence-electron chi connectivity index (χ4n) is 1.53. The summed E-state index contributed by atoms with van der Waals surface area (Å²) in [6, 6.07) is 8.39. The van der Waals surface area contributed by atoms with E-state index in [1.165, 1.54) is 11.3 Å². The predicted molar refractivity (Wildman–Crippen MR) is 67.1 cm³/mol. The van der Waals surface area contributed by atoms with E-state index in [2.05, 4.69) is 29.7 Å². The summed E-state index contributed by atoms with van der Waals surface area (Å²) in [6.45, 7) is 5.90. The molecule has 0 bridgehead atoms. The first kappa shape index (κ1) is 11.8. The number of nitrogens with zero attached hydrogens (tertiary/aromatic N) is 1. The van der Waals surface area contributed by atoms with Crippen molar-refractivity contribution in [2.75, 3.05) is 19.0 Å². The van der Waals surface area contributed by atoms with E-state index in [0.29, 0.717) is 0 Å². The highest BCUT2D eigenvalue weighted by Crippen LogP contribution is 2.21. The number of hydrogen-bond donors (Lipinski definition) is 1. The fraction of sp³-hybridized carbons (Fsp3) is 0.385. The Bertz CT molecular complexity index is 342. The van der Waals surface area contributed by atoms with Gasteiger partial charge < -0.3 is 10.6 Å². The Kier molecular flexibility index (Phi) is 3.92. The van der Waals surface area contributed by atoms with Crippen LogP contribution in [0.5, 0.6) is 0 Å². The van der Waals surface area contributed by atoms with Crippen molar-refractivity contribution in [2.24, 2.45) is 5.73 Å². The Morgan fingerprint density at radius 2 is 2.13 bits per heavy atom. The van der Waals surface area contributed by atoms with Crippen molar-refractivity contribution < 1.29 is 0 Å². The third-order valence-corrected chi connectivity index (χ3v) is 2.38. The van der Waals surface area contributed by atoms with Gasteiger partial charge in [-0.1, -0.05) is 17.7 Å². The molecule has 0 heterocycles. The van der Waals surface area contributed by atoms with Gasteiger partial charge in [0.05, 0.1) is 0 Å². The first-order valence-electron chi connectivity index (χ1n) is 5.18. The Morgan fingerprint density at radius 1 is 1.47 bits per heavy atom. The largest absolute Gasteiger partial charge is 0.378 e. The summed E-state index contributed by atoms with van der Waals surface area (Å²) in [6.07, 6.45) is 0.844. The van der Waals surface area contributed by atoms with E-state index in [1.54, 1.807) is 0 Å². The molecule has 0 fully saturated rings. The van der Waals surface area contributed by atoms with Crippen LogP contribution >= 0.6 is 0 Å². The van der Waals surface area contributed by atoms with Crippen LogP contribution in [-0.2, 0) is 0 Å². The van der Waals surface area contributed by atoms with Crippen LogP contribution in [0.3, 0.4) is 0 Å². The molecular formula is C13H20N2. The standard InChI is InChI=1S/C13H20N2/c1-10(2)8-13(14)11-6-5-7-12(9-11)15(3)4/h5-7,9,13H,1,8,14H2,2-4H3. The number of benzene rings is 1. The molecule has 1 rings (SSSR count). The van der Waals surface area contributed by atoms with E-state index in [-0.39, 0.29) is 6.04 Å². The third kappa shape index (κ3) is 3.40. The summed E-state index contributed by atoms with van der Waals surface area (Å²) < 4.78 is 0. The molecular weight excluding hydrogens is 184 g/mol. The number of anilines is 1. The van der Waals surface area contributed by atoms with Crippen molar-refractivity contribution >= 4 is 5.69 Å². The second kappa shape index (κ2) is 4.99. The molecule has 1 aromatic rings. The predicted octanol–water partition coefficient (Wildman–Crippen LogP) is 2.72. The highest BCUT2D eigenvalue weighted by Gasteiger charge is 2.06. The molecule has 0 aliphatic carbocycles. The van der Waals surface area contributed by atoms with Crippen LogP contribution in [0.1, 0.15) is 24.9 Å². The quantitative estimate of drug-likeness (QED) is 0.764. The van der Waals surface area contributed by atoms with Crippen LogP contribution in [0.15, 0.2) is 36.4 Å². The van der Waals surface area contributed by atoms with Gasteiger partial charge in [-0.3, -0.25) is 0 Å². The van der Waals surface area contributed by atoms with Crippen molar-refractivity contribution in [1.29, 1.82) is 0 Å². The minimum atomic E-state index is 0.0578. The first-order chi connectivity index (χ1) is 7.00. The lowest BCUT2D eigenvalue weighted by atomic mass is 10.0. The molecule has 0 spiro atoms. The van der Waals surface area contributed by atoms with E-state index in [4.69, 9.17) is 5.73 Å². The molecule has 0 aromatic heterocycles. The highest BCUT2D eigenvalue weighted by atomic mass is 15.1. The SMILES string of the molecule is C=C(C)CC(N)c1cccc(N(C)C)c1. The summed E-state index contributed by atoms with van der Waals surface area (Å²) in [7, 11) is 4.06. The molecule has 2 heteroatoms. The molecule has 15 heavy (non-hydrogen) atoms. The van der Waals surface area contributed by atoms with Crippen LogP contribution in [0.25, 0.3) is 0 Å². The van der Waals surface area contributed by atoms with E-state index in [0.717, 1.165) is 12.0 Å². The second-order valence-electron chi connectivity index (χ2n) is 4.26. The Balaban J connectivity index is 2.85. The Hall–Kier alpha value is -1.28. The molecule has 1 atom stereocenters. The molecule has 2 N–H and O–H groups in total. The zero-order valence-electron chi connectivity index (χ0n) is 9.83. The molecule has 0 amide bonds. The van der Waals surface area contributed by atoms with Crippen LogP contribution in [0.2, 0.25) is 0 Å². The van der Waals surface area contributed by atoms with Gasteiger partial charge >= 0.3 is 0 Å². The van der Waals surface area contributed by atoms with Gasteiger partial charge in [-0.05, 0) is 31.0 Å². The van der Waals surface area contributed by atoms with Gasteiger partial charge in [0.2, 0.25) is 0 Å². The van der Waals surface area contributed by atoms with Gasteiger partial charge in [0.25, 0.3) is 0 Å². The Morgan fingerprint density at radius 3 is 2.67 bits per heavy atom. The lowest BCUT2D eigenvalue weighted by molar-refractivity contribution is 0.717. The maximum absolute atomic E-state index is 6.09. The normalized spacial score (nSPS) is 12.3. The summed E-state index contributed by atoms with van der Waals surface area (Å²) in [5.74, 6) is 0. The molecule has 1 aromatic carbocycles. The van der Waals surface area contributed by atoms with E-state index >= 15 is 0 Å². The zero-order valence-corrected chi connectivity index (χ0v) is 9.83. The number of hydrogen-bond acceptors (Lipinski definition) is 2.